The summed E-state index contributed by atoms with van der Waals surface area (Å²) in [5.74, 6) is 0.573. The number of rotatable bonds is 8. The highest BCUT2D eigenvalue weighted by Crippen LogP contribution is 2.22. The van der Waals surface area contributed by atoms with Gasteiger partial charge < -0.3 is 9.47 Å². The van der Waals surface area contributed by atoms with Gasteiger partial charge in [-0.3, -0.25) is 0 Å². The summed E-state index contributed by atoms with van der Waals surface area (Å²) in [6, 6.07) is 0. The zero-order chi connectivity index (χ0) is 13.3. The average Bonchev–Trinajstić information content (AvgIpc) is 2.36. The summed E-state index contributed by atoms with van der Waals surface area (Å²) in [6.07, 6.45) is 4.50. The molecule has 0 aromatic carbocycles. The topological polar surface area (TPSA) is 35.5 Å². The van der Waals surface area contributed by atoms with Crippen LogP contribution in [0.4, 0.5) is 4.79 Å². The predicted molar refractivity (Wildman–Crippen MR) is 70.0 cm³/mol. The Labute approximate surface area is 105 Å². The third-order valence-electron chi connectivity index (χ3n) is 3.38. The van der Waals surface area contributed by atoms with Gasteiger partial charge in [-0.25, -0.2) is 4.79 Å². The maximum Gasteiger partial charge on any atom is 0.509 e. The number of hydrogen-bond acceptors (Lipinski definition) is 3. The molecule has 0 heterocycles. The number of carbonyl (C=O) groups is 1. The van der Waals surface area contributed by atoms with E-state index < -0.39 is 11.8 Å². The summed E-state index contributed by atoms with van der Waals surface area (Å²) in [5, 5.41) is 0. The van der Waals surface area contributed by atoms with Gasteiger partial charge in [0.25, 0.3) is 0 Å². The van der Waals surface area contributed by atoms with Crippen LogP contribution in [0.1, 0.15) is 53.4 Å². The lowest BCUT2D eigenvalue weighted by Crippen LogP contribution is -2.31. The van der Waals surface area contributed by atoms with Crippen molar-refractivity contribution in [1.29, 1.82) is 0 Å². The van der Waals surface area contributed by atoms with E-state index in [0.717, 1.165) is 12.8 Å². The molecule has 0 amide bonds. The van der Waals surface area contributed by atoms with Crippen molar-refractivity contribution < 1.29 is 14.3 Å². The SMILES string of the molecule is C=CC(CC)(CC)OC(=O)OCCC(C)CC. The van der Waals surface area contributed by atoms with Gasteiger partial charge >= 0.3 is 6.16 Å². The minimum Gasteiger partial charge on any atom is -0.434 e. The fraction of sp³-hybridized carbons (Fsp3) is 0.786. The van der Waals surface area contributed by atoms with E-state index in [1.807, 2.05) is 13.8 Å². The number of ether oxygens (including phenoxy) is 2. The average molecular weight is 242 g/mol. The maximum atomic E-state index is 11.5. The van der Waals surface area contributed by atoms with Gasteiger partial charge in [0.15, 0.2) is 0 Å². The van der Waals surface area contributed by atoms with Crippen molar-refractivity contribution in [3.8, 4) is 0 Å². The molecule has 0 saturated heterocycles. The summed E-state index contributed by atoms with van der Waals surface area (Å²) in [7, 11) is 0. The zero-order valence-corrected chi connectivity index (χ0v) is 11.6. The van der Waals surface area contributed by atoms with Gasteiger partial charge in [-0.05, 0) is 31.3 Å². The third kappa shape index (κ3) is 5.76. The molecule has 0 spiro atoms. The summed E-state index contributed by atoms with van der Waals surface area (Å²) < 4.78 is 10.4. The normalized spacial score (nSPS) is 12.9. The van der Waals surface area contributed by atoms with Crippen molar-refractivity contribution in [2.24, 2.45) is 5.92 Å². The molecule has 0 N–H and O–H groups in total. The Morgan fingerprint density at radius 2 is 1.94 bits per heavy atom. The van der Waals surface area contributed by atoms with Crippen molar-refractivity contribution in [2.75, 3.05) is 6.61 Å². The molecule has 3 heteroatoms. The van der Waals surface area contributed by atoms with Crippen LogP contribution in [0, 0.1) is 5.92 Å². The number of hydrogen-bond donors (Lipinski definition) is 0. The Morgan fingerprint density at radius 1 is 1.35 bits per heavy atom. The molecule has 1 unspecified atom stereocenters. The molecule has 0 radical (unpaired) electrons. The molecular weight excluding hydrogens is 216 g/mol. The Bertz CT molecular complexity index is 232. The summed E-state index contributed by atoms with van der Waals surface area (Å²) in [6.45, 7) is 12.3. The second kappa shape index (κ2) is 8.15. The second-order valence-electron chi connectivity index (χ2n) is 4.48. The van der Waals surface area contributed by atoms with Crippen LogP contribution in [0.25, 0.3) is 0 Å². The molecule has 0 saturated carbocycles. The molecule has 0 rings (SSSR count). The Hall–Kier alpha value is -0.990. The van der Waals surface area contributed by atoms with Crippen LogP contribution in [-0.4, -0.2) is 18.4 Å². The van der Waals surface area contributed by atoms with Crippen LogP contribution in [0.15, 0.2) is 12.7 Å². The summed E-state index contributed by atoms with van der Waals surface area (Å²) >= 11 is 0. The third-order valence-corrected chi connectivity index (χ3v) is 3.38. The Kier molecular flexibility index (Phi) is 7.68. The zero-order valence-electron chi connectivity index (χ0n) is 11.6. The molecule has 0 aliphatic rings. The Balaban J connectivity index is 4.03. The Morgan fingerprint density at radius 3 is 2.35 bits per heavy atom. The molecular formula is C14H26O3. The van der Waals surface area contributed by atoms with E-state index in [-0.39, 0.29) is 0 Å². The highest BCUT2D eigenvalue weighted by atomic mass is 16.7. The van der Waals surface area contributed by atoms with Crippen molar-refractivity contribution in [1.82, 2.24) is 0 Å². The summed E-state index contributed by atoms with van der Waals surface area (Å²) in [5.41, 5.74) is -0.576. The van der Waals surface area contributed by atoms with Gasteiger partial charge in [0.05, 0.1) is 6.61 Å². The predicted octanol–water partition coefficient (Wildman–Crippen LogP) is 4.32. The van der Waals surface area contributed by atoms with Crippen LogP contribution in [0.5, 0.6) is 0 Å². The minimum atomic E-state index is -0.586. The smallest absolute Gasteiger partial charge is 0.434 e. The van der Waals surface area contributed by atoms with Crippen LogP contribution in [0.3, 0.4) is 0 Å². The van der Waals surface area contributed by atoms with Crippen molar-refractivity contribution in [3.63, 3.8) is 0 Å². The highest BCUT2D eigenvalue weighted by Gasteiger charge is 2.27. The first-order valence-corrected chi connectivity index (χ1v) is 6.52. The van der Waals surface area contributed by atoms with Crippen LogP contribution < -0.4 is 0 Å². The lowest BCUT2D eigenvalue weighted by molar-refractivity contribution is -0.0156. The van der Waals surface area contributed by atoms with Crippen molar-refractivity contribution >= 4 is 6.16 Å². The maximum absolute atomic E-state index is 11.5. The fourth-order valence-electron chi connectivity index (χ4n) is 1.47. The monoisotopic (exact) mass is 242 g/mol. The lowest BCUT2D eigenvalue weighted by atomic mass is 9.98. The lowest BCUT2D eigenvalue weighted by Gasteiger charge is -2.27. The van der Waals surface area contributed by atoms with Crippen molar-refractivity contribution in [3.05, 3.63) is 12.7 Å². The van der Waals surface area contributed by atoms with Gasteiger partial charge in [-0.15, -0.1) is 0 Å². The molecule has 1 atom stereocenters. The van der Waals surface area contributed by atoms with Gasteiger partial charge in [0, 0.05) is 0 Å². The molecule has 0 aliphatic carbocycles. The molecule has 0 bridgehead atoms. The number of carbonyl (C=O) groups excluding carboxylic acids is 1. The first-order valence-electron chi connectivity index (χ1n) is 6.52. The standard InChI is InChI=1S/C14H26O3/c1-6-12(5)10-11-16-13(15)17-14(7-2,8-3)9-4/h7,12H,2,6,8-11H2,1,3-5H3. The first kappa shape index (κ1) is 16.0. The fourth-order valence-corrected chi connectivity index (χ4v) is 1.47. The molecule has 0 aromatic rings. The van der Waals surface area contributed by atoms with Gasteiger partial charge in [0.2, 0.25) is 0 Å². The molecule has 0 aromatic heterocycles. The second-order valence-corrected chi connectivity index (χ2v) is 4.48. The van der Waals surface area contributed by atoms with E-state index in [4.69, 9.17) is 9.47 Å². The molecule has 17 heavy (non-hydrogen) atoms. The summed E-state index contributed by atoms with van der Waals surface area (Å²) in [4.78, 5) is 11.5. The molecule has 0 aliphatic heterocycles. The van der Waals surface area contributed by atoms with Crippen LogP contribution in [-0.2, 0) is 9.47 Å². The van der Waals surface area contributed by atoms with E-state index in [0.29, 0.717) is 25.4 Å². The van der Waals surface area contributed by atoms with Gasteiger partial charge in [-0.1, -0.05) is 40.7 Å². The van der Waals surface area contributed by atoms with Crippen LogP contribution >= 0.6 is 0 Å². The van der Waals surface area contributed by atoms with Crippen molar-refractivity contribution in [2.45, 2.75) is 59.0 Å². The van der Waals surface area contributed by atoms with Gasteiger partial charge in [-0.2, -0.15) is 0 Å². The molecule has 100 valence electrons. The molecule has 0 fully saturated rings. The van der Waals surface area contributed by atoms with E-state index in [1.54, 1.807) is 6.08 Å². The molecule has 3 nitrogen and oxygen atoms in total. The van der Waals surface area contributed by atoms with E-state index in [1.165, 1.54) is 0 Å². The van der Waals surface area contributed by atoms with E-state index in [9.17, 15) is 4.79 Å². The van der Waals surface area contributed by atoms with E-state index >= 15 is 0 Å². The quantitative estimate of drug-likeness (QED) is 0.469. The largest absolute Gasteiger partial charge is 0.509 e. The highest BCUT2D eigenvalue weighted by molar-refractivity contribution is 5.60. The first-order chi connectivity index (χ1) is 8.03. The van der Waals surface area contributed by atoms with E-state index in [2.05, 4.69) is 20.4 Å². The van der Waals surface area contributed by atoms with Gasteiger partial charge in [0.1, 0.15) is 5.60 Å². The minimum absolute atomic E-state index is 0.425. The van der Waals surface area contributed by atoms with Crippen LogP contribution in [0.2, 0.25) is 0 Å².